The molecule has 0 atom stereocenters. The molecule has 0 aliphatic carbocycles. The van der Waals surface area contributed by atoms with Crippen LogP contribution in [-0.2, 0) is 21.4 Å². The molecule has 0 fully saturated rings. The zero-order valence-corrected chi connectivity index (χ0v) is 15.3. The summed E-state index contributed by atoms with van der Waals surface area (Å²) in [6.45, 7) is 2.56. The summed E-state index contributed by atoms with van der Waals surface area (Å²) in [5.74, 6) is -0.261. The van der Waals surface area contributed by atoms with E-state index in [9.17, 15) is 13.2 Å². The fraction of sp³-hybridized carbons (Fsp3) is 0.278. The summed E-state index contributed by atoms with van der Waals surface area (Å²) in [7, 11) is -1.73. The van der Waals surface area contributed by atoms with Crippen LogP contribution in [0.15, 0.2) is 48.5 Å². The number of sulfonamides is 1. The van der Waals surface area contributed by atoms with Gasteiger partial charge in [0.15, 0.2) is 0 Å². The number of amides is 1. The molecule has 0 aliphatic rings. The van der Waals surface area contributed by atoms with Gasteiger partial charge in [0.25, 0.3) is 5.91 Å². The van der Waals surface area contributed by atoms with E-state index in [-0.39, 0.29) is 5.91 Å². The van der Waals surface area contributed by atoms with Crippen LogP contribution in [0, 0.1) is 0 Å². The Morgan fingerprint density at radius 2 is 1.84 bits per heavy atom. The maximum Gasteiger partial charge on any atom is 0.255 e. The normalized spacial score (nSPS) is 11.2. The van der Waals surface area contributed by atoms with Crippen LogP contribution in [0.25, 0.3) is 0 Å². The van der Waals surface area contributed by atoms with Gasteiger partial charge in [-0.25, -0.2) is 8.42 Å². The summed E-state index contributed by atoms with van der Waals surface area (Å²) >= 11 is 0. The van der Waals surface area contributed by atoms with Crippen LogP contribution in [0.5, 0.6) is 0 Å². The predicted octanol–water partition coefficient (Wildman–Crippen LogP) is 2.87. The third-order valence-corrected chi connectivity index (χ3v) is 4.87. The molecular formula is C18H22N2O4S. The Morgan fingerprint density at radius 1 is 1.16 bits per heavy atom. The average Bonchev–Trinajstić information content (AvgIpc) is 2.55. The highest BCUT2D eigenvalue weighted by atomic mass is 32.2. The van der Waals surface area contributed by atoms with Crippen molar-refractivity contribution in [3.8, 4) is 0 Å². The molecule has 2 aromatic carbocycles. The van der Waals surface area contributed by atoms with Gasteiger partial charge in [0.05, 0.1) is 18.6 Å². The fourth-order valence-corrected chi connectivity index (χ4v) is 3.47. The van der Waals surface area contributed by atoms with Crippen molar-refractivity contribution in [2.24, 2.45) is 0 Å². The van der Waals surface area contributed by atoms with Gasteiger partial charge in [-0.05, 0) is 48.9 Å². The van der Waals surface area contributed by atoms with E-state index in [1.165, 1.54) is 4.31 Å². The van der Waals surface area contributed by atoms with E-state index in [4.69, 9.17) is 4.74 Å². The molecular weight excluding hydrogens is 340 g/mol. The Hall–Kier alpha value is -2.38. The molecule has 0 bridgehead atoms. The van der Waals surface area contributed by atoms with Crippen LogP contribution in [0.1, 0.15) is 22.8 Å². The monoisotopic (exact) mass is 362 g/mol. The first-order valence-electron chi connectivity index (χ1n) is 7.82. The Morgan fingerprint density at radius 3 is 2.40 bits per heavy atom. The number of carbonyl (C=O) groups is 1. The van der Waals surface area contributed by atoms with Crippen molar-refractivity contribution in [2.75, 3.05) is 29.5 Å². The lowest BCUT2D eigenvalue weighted by atomic mass is 10.1. The van der Waals surface area contributed by atoms with Crippen molar-refractivity contribution in [2.45, 2.75) is 13.5 Å². The number of hydrogen-bond donors (Lipinski definition) is 1. The van der Waals surface area contributed by atoms with Crippen LogP contribution in [0.3, 0.4) is 0 Å². The lowest BCUT2D eigenvalue weighted by Crippen LogP contribution is -2.29. The van der Waals surface area contributed by atoms with Gasteiger partial charge in [-0.3, -0.25) is 9.10 Å². The van der Waals surface area contributed by atoms with Crippen molar-refractivity contribution in [1.82, 2.24) is 0 Å². The Labute approximate surface area is 148 Å². The second kappa shape index (κ2) is 8.13. The van der Waals surface area contributed by atoms with Crippen LogP contribution >= 0.6 is 0 Å². The molecule has 0 unspecified atom stereocenters. The van der Waals surface area contributed by atoms with Crippen molar-refractivity contribution in [3.63, 3.8) is 0 Å². The van der Waals surface area contributed by atoms with E-state index in [2.05, 4.69) is 5.32 Å². The lowest BCUT2D eigenvalue weighted by molar-refractivity contribution is 0.102. The molecule has 7 heteroatoms. The number of ether oxygens (including phenoxy) is 1. The summed E-state index contributed by atoms with van der Waals surface area (Å²) in [4.78, 5) is 12.4. The minimum Gasteiger partial charge on any atom is -0.380 e. The van der Waals surface area contributed by atoms with E-state index in [1.54, 1.807) is 44.4 Å². The molecule has 0 saturated carbocycles. The van der Waals surface area contributed by atoms with E-state index in [0.29, 0.717) is 30.1 Å². The SMILES string of the molecule is CCN(c1ccc(C(=O)Nc2cccc(COC)c2)cc1)S(C)(=O)=O. The van der Waals surface area contributed by atoms with Crippen LogP contribution in [0.4, 0.5) is 11.4 Å². The first kappa shape index (κ1) is 19.0. The van der Waals surface area contributed by atoms with E-state index >= 15 is 0 Å². The summed E-state index contributed by atoms with van der Waals surface area (Å²) in [6, 6.07) is 13.9. The molecule has 0 radical (unpaired) electrons. The standard InChI is InChI=1S/C18H22N2O4S/c1-4-20(25(3,22)23)17-10-8-15(9-11-17)18(21)19-16-7-5-6-14(12-16)13-24-2/h5-12H,4,13H2,1-3H3,(H,19,21). The molecule has 2 aromatic rings. The number of nitrogens with one attached hydrogen (secondary N) is 1. The van der Waals surface area contributed by atoms with Gasteiger partial charge in [0, 0.05) is 24.9 Å². The van der Waals surface area contributed by atoms with Crippen molar-refractivity contribution in [3.05, 3.63) is 59.7 Å². The van der Waals surface area contributed by atoms with Crippen molar-refractivity contribution < 1.29 is 17.9 Å². The number of methoxy groups -OCH3 is 1. The second-order valence-electron chi connectivity index (χ2n) is 5.56. The summed E-state index contributed by atoms with van der Waals surface area (Å²) in [6.07, 6.45) is 1.16. The smallest absolute Gasteiger partial charge is 0.255 e. The Bertz CT molecular complexity index is 832. The summed E-state index contributed by atoms with van der Waals surface area (Å²) in [5.41, 5.74) is 2.62. The Balaban J connectivity index is 2.14. The highest BCUT2D eigenvalue weighted by Crippen LogP contribution is 2.19. The second-order valence-corrected chi connectivity index (χ2v) is 7.47. The Kier molecular flexibility index (Phi) is 6.17. The molecule has 1 amide bonds. The number of carbonyl (C=O) groups excluding carboxylic acids is 1. The molecule has 6 nitrogen and oxygen atoms in total. The van der Waals surface area contributed by atoms with Gasteiger partial charge < -0.3 is 10.1 Å². The van der Waals surface area contributed by atoms with Gasteiger partial charge in [-0.15, -0.1) is 0 Å². The molecule has 0 saturated heterocycles. The average molecular weight is 362 g/mol. The largest absolute Gasteiger partial charge is 0.380 e. The lowest BCUT2D eigenvalue weighted by Gasteiger charge is -2.20. The minimum absolute atomic E-state index is 0.261. The van der Waals surface area contributed by atoms with Gasteiger partial charge in [-0.2, -0.15) is 0 Å². The number of hydrogen-bond acceptors (Lipinski definition) is 4. The van der Waals surface area contributed by atoms with Crippen molar-refractivity contribution in [1.29, 1.82) is 0 Å². The molecule has 0 aliphatic heterocycles. The number of rotatable bonds is 7. The molecule has 1 N–H and O–H groups in total. The topological polar surface area (TPSA) is 75.7 Å². The molecule has 0 aromatic heterocycles. The first-order valence-corrected chi connectivity index (χ1v) is 9.67. The third-order valence-electron chi connectivity index (χ3n) is 3.60. The van der Waals surface area contributed by atoms with Crippen LogP contribution in [0.2, 0.25) is 0 Å². The highest BCUT2D eigenvalue weighted by molar-refractivity contribution is 7.92. The quantitative estimate of drug-likeness (QED) is 0.822. The number of benzene rings is 2. The molecule has 25 heavy (non-hydrogen) atoms. The minimum atomic E-state index is -3.34. The summed E-state index contributed by atoms with van der Waals surface area (Å²) in [5, 5.41) is 2.82. The zero-order valence-electron chi connectivity index (χ0n) is 14.5. The number of anilines is 2. The molecule has 0 heterocycles. The first-order chi connectivity index (χ1) is 11.8. The van der Waals surface area contributed by atoms with Gasteiger partial charge in [-0.1, -0.05) is 12.1 Å². The van der Waals surface area contributed by atoms with Gasteiger partial charge in [0.2, 0.25) is 10.0 Å². The summed E-state index contributed by atoms with van der Waals surface area (Å²) < 4.78 is 29.8. The molecule has 2 rings (SSSR count). The highest BCUT2D eigenvalue weighted by Gasteiger charge is 2.15. The number of nitrogens with zero attached hydrogens (tertiary/aromatic N) is 1. The van der Waals surface area contributed by atoms with Crippen molar-refractivity contribution >= 4 is 27.3 Å². The predicted molar refractivity (Wildman–Crippen MR) is 99.4 cm³/mol. The maximum absolute atomic E-state index is 12.4. The fourth-order valence-electron chi connectivity index (χ4n) is 2.50. The van der Waals surface area contributed by atoms with E-state index in [1.807, 2.05) is 18.2 Å². The van der Waals surface area contributed by atoms with Crippen LogP contribution < -0.4 is 9.62 Å². The van der Waals surface area contributed by atoms with Gasteiger partial charge in [0.1, 0.15) is 0 Å². The van der Waals surface area contributed by atoms with Gasteiger partial charge >= 0.3 is 0 Å². The maximum atomic E-state index is 12.4. The molecule has 0 spiro atoms. The third kappa shape index (κ3) is 5.04. The van der Waals surface area contributed by atoms with E-state index < -0.39 is 10.0 Å². The zero-order chi connectivity index (χ0) is 18.4. The van der Waals surface area contributed by atoms with E-state index in [0.717, 1.165) is 11.8 Å². The van der Waals surface area contributed by atoms with Crippen LogP contribution in [-0.4, -0.2) is 34.2 Å². The molecule has 134 valence electrons.